The number of fused-ring (bicyclic) bond motifs is 2. The van der Waals surface area contributed by atoms with Gasteiger partial charge >= 0.3 is 0 Å². The molecule has 1 nitrogen and oxygen atoms in total. The van der Waals surface area contributed by atoms with Gasteiger partial charge in [-0.05, 0) is 33.4 Å². The molecule has 0 spiro atoms. The van der Waals surface area contributed by atoms with Crippen molar-refractivity contribution in [1.82, 2.24) is 0 Å². The molecule has 0 saturated carbocycles. The lowest BCUT2D eigenvalue weighted by atomic mass is 9.77. The Morgan fingerprint density at radius 1 is 0.429 bits per heavy atom. The van der Waals surface area contributed by atoms with Crippen LogP contribution in [0.3, 0.4) is 0 Å². The van der Waals surface area contributed by atoms with Gasteiger partial charge in [0, 0.05) is 11.1 Å². The summed E-state index contributed by atoms with van der Waals surface area (Å²) in [6.07, 6.45) is 0. The largest absolute Gasteiger partial charge is 0.289 e. The van der Waals surface area contributed by atoms with E-state index in [1.165, 1.54) is 0 Å². The van der Waals surface area contributed by atoms with Gasteiger partial charge < -0.3 is 0 Å². The van der Waals surface area contributed by atoms with E-state index in [0.717, 1.165) is 44.5 Å². The van der Waals surface area contributed by atoms with Gasteiger partial charge in [0.15, 0.2) is 5.78 Å². The molecule has 0 radical (unpaired) electrons. The summed E-state index contributed by atoms with van der Waals surface area (Å²) in [5, 5.41) is 0. The predicted octanol–water partition coefficient (Wildman–Crippen LogP) is 6.24. The molecule has 0 aliphatic heterocycles. The lowest BCUT2D eigenvalue weighted by molar-refractivity contribution is 0.103. The maximum atomic E-state index is 13.1. The van der Waals surface area contributed by atoms with E-state index in [0.29, 0.717) is 0 Å². The number of hydrogen-bond donors (Lipinski definition) is 0. The van der Waals surface area contributed by atoms with Crippen LogP contribution in [-0.4, -0.2) is 5.78 Å². The van der Waals surface area contributed by atoms with Crippen LogP contribution in [0.5, 0.6) is 0 Å². The highest BCUT2D eigenvalue weighted by atomic mass is 16.1. The van der Waals surface area contributed by atoms with Crippen molar-refractivity contribution in [3.63, 3.8) is 0 Å². The number of carbonyl (C=O) groups excluding carboxylic acids is 1. The van der Waals surface area contributed by atoms with Crippen LogP contribution >= 0.6 is 0 Å². The third-order valence-corrected chi connectivity index (χ3v) is 5.26. The standard InChI is InChI=1S/C27H18O/c28-27-23-17-9-7-15-21(23)26(22-16-8-10-18-24(22)27)25(19-11-3-1-4-12-19)20-13-5-2-6-14-20/h1-18H. The van der Waals surface area contributed by atoms with Crippen molar-refractivity contribution in [2.24, 2.45) is 0 Å². The van der Waals surface area contributed by atoms with E-state index in [1.54, 1.807) is 0 Å². The van der Waals surface area contributed by atoms with Crippen molar-refractivity contribution in [1.29, 1.82) is 0 Å². The third-order valence-electron chi connectivity index (χ3n) is 5.26. The molecule has 132 valence electrons. The number of hydrogen-bond acceptors (Lipinski definition) is 1. The van der Waals surface area contributed by atoms with Crippen LogP contribution in [0, 0.1) is 0 Å². The molecule has 1 aliphatic carbocycles. The van der Waals surface area contributed by atoms with Crippen LogP contribution in [0.2, 0.25) is 0 Å². The van der Waals surface area contributed by atoms with Crippen molar-refractivity contribution in [2.45, 2.75) is 0 Å². The first kappa shape index (κ1) is 16.5. The fourth-order valence-corrected chi connectivity index (χ4v) is 4.02. The van der Waals surface area contributed by atoms with E-state index in [2.05, 4.69) is 60.7 Å². The van der Waals surface area contributed by atoms with E-state index in [9.17, 15) is 4.79 Å². The molecule has 0 amide bonds. The van der Waals surface area contributed by atoms with Gasteiger partial charge in [0.1, 0.15) is 0 Å². The lowest BCUT2D eigenvalue weighted by Crippen LogP contribution is -2.15. The monoisotopic (exact) mass is 358 g/mol. The molecule has 0 unspecified atom stereocenters. The summed E-state index contributed by atoms with van der Waals surface area (Å²) >= 11 is 0. The number of carbonyl (C=O) groups is 1. The Kier molecular flexibility index (Phi) is 3.99. The summed E-state index contributed by atoms with van der Waals surface area (Å²) in [6.45, 7) is 0. The molecule has 1 heteroatoms. The van der Waals surface area contributed by atoms with Crippen molar-refractivity contribution in [3.8, 4) is 0 Å². The molecule has 0 saturated heterocycles. The van der Waals surface area contributed by atoms with Crippen LogP contribution in [-0.2, 0) is 0 Å². The minimum Gasteiger partial charge on any atom is -0.289 e. The highest BCUT2D eigenvalue weighted by Crippen LogP contribution is 2.42. The quantitative estimate of drug-likeness (QED) is 0.365. The molecule has 0 heterocycles. The molecule has 0 bridgehead atoms. The van der Waals surface area contributed by atoms with Gasteiger partial charge in [-0.3, -0.25) is 4.79 Å². The van der Waals surface area contributed by atoms with Crippen LogP contribution in [0.1, 0.15) is 38.2 Å². The van der Waals surface area contributed by atoms with Crippen molar-refractivity contribution >= 4 is 16.9 Å². The van der Waals surface area contributed by atoms with E-state index in [1.807, 2.05) is 48.5 Å². The van der Waals surface area contributed by atoms with Crippen LogP contribution in [0.4, 0.5) is 0 Å². The molecular formula is C27H18O. The van der Waals surface area contributed by atoms with Gasteiger partial charge in [0.25, 0.3) is 0 Å². The first-order chi connectivity index (χ1) is 13.8. The number of rotatable bonds is 2. The van der Waals surface area contributed by atoms with Gasteiger partial charge in [-0.2, -0.15) is 0 Å². The molecule has 28 heavy (non-hydrogen) atoms. The maximum Gasteiger partial charge on any atom is 0.194 e. The van der Waals surface area contributed by atoms with Gasteiger partial charge in [-0.15, -0.1) is 0 Å². The molecule has 5 rings (SSSR count). The van der Waals surface area contributed by atoms with Crippen molar-refractivity contribution in [2.75, 3.05) is 0 Å². The Morgan fingerprint density at radius 2 is 0.786 bits per heavy atom. The normalized spacial score (nSPS) is 12.3. The zero-order valence-electron chi connectivity index (χ0n) is 15.3. The molecule has 0 aromatic heterocycles. The zero-order valence-corrected chi connectivity index (χ0v) is 15.3. The second-order valence-electron chi connectivity index (χ2n) is 6.90. The third kappa shape index (κ3) is 2.60. The Bertz CT molecular complexity index is 1110. The number of benzene rings is 4. The summed E-state index contributed by atoms with van der Waals surface area (Å²) in [5.41, 5.74) is 8.06. The molecule has 0 N–H and O–H groups in total. The van der Waals surface area contributed by atoms with Crippen molar-refractivity contribution < 1.29 is 4.79 Å². The minimum absolute atomic E-state index is 0.0930. The van der Waals surface area contributed by atoms with Crippen LogP contribution < -0.4 is 0 Å². The van der Waals surface area contributed by atoms with Crippen LogP contribution in [0.15, 0.2) is 109 Å². The van der Waals surface area contributed by atoms with E-state index in [-0.39, 0.29) is 5.78 Å². The fraction of sp³-hybridized carbons (Fsp3) is 0. The van der Waals surface area contributed by atoms with E-state index in [4.69, 9.17) is 0 Å². The van der Waals surface area contributed by atoms with Gasteiger partial charge in [-0.1, -0.05) is 109 Å². The SMILES string of the molecule is O=C1c2ccccc2C(=C(c2ccccc2)c2ccccc2)c2ccccc21. The Balaban J connectivity index is 1.95. The lowest BCUT2D eigenvalue weighted by Gasteiger charge is -2.25. The van der Waals surface area contributed by atoms with Crippen molar-refractivity contribution in [3.05, 3.63) is 143 Å². The van der Waals surface area contributed by atoms with Gasteiger partial charge in [0.05, 0.1) is 0 Å². The topological polar surface area (TPSA) is 17.1 Å². The smallest absolute Gasteiger partial charge is 0.194 e. The molecule has 1 aliphatic rings. The summed E-state index contributed by atoms with van der Waals surface area (Å²) in [6, 6.07) is 36.7. The molecule has 0 atom stereocenters. The first-order valence-corrected chi connectivity index (χ1v) is 9.43. The number of ketones is 1. The second-order valence-corrected chi connectivity index (χ2v) is 6.90. The molecule has 0 fully saturated rings. The molecule has 4 aromatic rings. The highest BCUT2D eigenvalue weighted by Gasteiger charge is 2.29. The summed E-state index contributed by atoms with van der Waals surface area (Å²) in [4.78, 5) is 13.1. The predicted molar refractivity (Wildman–Crippen MR) is 114 cm³/mol. The zero-order chi connectivity index (χ0) is 18.9. The summed E-state index contributed by atoms with van der Waals surface area (Å²) in [5.74, 6) is 0.0930. The highest BCUT2D eigenvalue weighted by molar-refractivity contribution is 6.22. The van der Waals surface area contributed by atoms with E-state index < -0.39 is 0 Å². The van der Waals surface area contributed by atoms with E-state index >= 15 is 0 Å². The molecule has 4 aromatic carbocycles. The average Bonchev–Trinajstić information content (AvgIpc) is 2.78. The van der Waals surface area contributed by atoms with Crippen LogP contribution in [0.25, 0.3) is 11.1 Å². The average molecular weight is 358 g/mol. The summed E-state index contributed by atoms with van der Waals surface area (Å²) < 4.78 is 0. The first-order valence-electron chi connectivity index (χ1n) is 9.43. The fourth-order valence-electron chi connectivity index (χ4n) is 4.02. The molecular weight excluding hydrogens is 340 g/mol. The Morgan fingerprint density at radius 3 is 1.21 bits per heavy atom. The maximum absolute atomic E-state index is 13.1. The summed E-state index contributed by atoms with van der Waals surface area (Å²) in [7, 11) is 0. The van der Waals surface area contributed by atoms with Gasteiger partial charge in [0.2, 0.25) is 0 Å². The Hall–Kier alpha value is -3.71. The minimum atomic E-state index is 0.0930. The Labute approximate surface area is 164 Å². The second kappa shape index (κ2) is 6.79. The van der Waals surface area contributed by atoms with Gasteiger partial charge in [-0.25, -0.2) is 0 Å².